The van der Waals surface area contributed by atoms with Crippen molar-refractivity contribution in [3.63, 3.8) is 0 Å². The first-order valence-corrected chi connectivity index (χ1v) is 8.84. The van der Waals surface area contributed by atoms with Crippen molar-refractivity contribution < 1.29 is 31.5 Å². The smallest absolute Gasteiger partial charge is 0.508 e. The van der Waals surface area contributed by atoms with Gasteiger partial charge in [0, 0.05) is 24.3 Å². The molecule has 1 heterocycles. The summed E-state index contributed by atoms with van der Waals surface area (Å²) in [6.45, 7) is 0.539. The fraction of sp³-hybridized carbons (Fsp3) is 0.188. The Balaban J connectivity index is 1.70. The molecule has 1 aliphatic heterocycles. The molecule has 1 aliphatic rings. The van der Waals surface area contributed by atoms with Crippen LogP contribution >= 0.6 is 0 Å². The number of fused-ring (bicyclic) bond motifs is 1. The summed E-state index contributed by atoms with van der Waals surface area (Å²) < 4.78 is 60.7. The van der Waals surface area contributed by atoms with Crippen molar-refractivity contribution >= 4 is 21.6 Å². The third kappa shape index (κ3) is 3.45. The molecule has 2 N–H and O–H groups in total. The largest absolute Gasteiger partial charge is 0.516 e. The molecule has 0 unspecified atom stereocenters. The highest BCUT2D eigenvalue weighted by atomic mass is 32.2. The van der Waals surface area contributed by atoms with Crippen molar-refractivity contribution in [2.24, 2.45) is 0 Å². The number of nitrogens with one attached hydrogen (secondary N) is 1. The maximum absolute atomic E-state index is 12.4. The van der Waals surface area contributed by atoms with Gasteiger partial charge in [-0.2, -0.15) is 21.6 Å². The van der Waals surface area contributed by atoms with E-state index in [1.807, 2.05) is 0 Å². The van der Waals surface area contributed by atoms with Crippen LogP contribution < -0.4 is 4.72 Å². The second-order valence-electron chi connectivity index (χ2n) is 5.75. The minimum absolute atomic E-state index is 0.0137. The standard InChI is InChI=1S/C16H13F3N2O4S/c17-16(18,19)26(24,25)20-12-4-1-10(2-5-12)8-21-9-11-3-6-13(22)7-14(11)15(21)23/h1-7,20,22H,8-9H2. The minimum atomic E-state index is -5.47. The van der Waals surface area contributed by atoms with E-state index < -0.39 is 15.5 Å². The van der Waals surface area contributed by atoms with Gasteiger partial charge in [-0.25, -0.2) is 0 Å². The zero-order valence-electron chi connectivity index (χ0n) is 13.1. The SMILES string of the molecule is O=C1c2cc(O)ccc2CN1Cc1ccc(NS(=O)(=O)C(F)(F)F)cc1. The number of carbonyl (C=O) groups is 1. The Labute approximate surface area is 146 Å². The van der Waals surface area contributed by atoms with Crippen molar-refractivity contribution in [2.45, 2.75) is 18.6 Å². The Morgan fingerprint density at radius 2 is 1.77 bits per heavy atom. The van der Waals surface area contributed by atoms with Gasteiger partial charge in [0.1, 0.15) is 5.75 Å². The maximum Gasteiger partial charge on any atom is 0.516 e. The van der Waals surface area contributed by atoms with Gasteiger partial charge in [-0.3, -0.25) is 9.52 Å². The Morgan fingerprint density at radius 3 is 2.38 bits per heavy atom. The van der Waals surface area contributed by atoms with Gasteiger partial charge >= 0.3 is 15.5 Å². The summed E-state index contributed by atoms with van der Waals surface area (Å²) in [4.78, 5) is 13.8. The van der Waals surface area contributed by atoms with Crippen LogP contribution in [-0.4, -0.2) is 29.8 Å². The second-order valence-corrected chi connectivity index (χ2v) is 7.42. The van der Waals surface area contributed by atoms with Crippen LogP contribution in [0.1, 0.15) is 21.5 Å². The van der Waals surface area contributed by atoms with Gasteiger partial charge in [0.25, 0.3) is 5.91 Å². The summed E-state index contributed by atoms with van der Waals surface area (Å²) in [5.41, 5.74) is -3.84. The molecule has 0 atom stereocenters. The zero-order chi connectivity index (χ0) is 19.1. The fourth-order valence-corrected chi connectivity index (χ4v) is 3.15. The summed E-state index contributed by atoms with van der Waals surface area (Å²) in [5.74, 6) is -0.280. The van der Waals surface area contributed by atoms with Gasteiger partial charge in [0.15, 0.2) is 0 Å². The Bertz CT molecular complexity index is 956. The molecule has 2 aromatic rings. The van der Waals surface area contributed by atoms with Gasteiger partial charge in [0.2, 0.25) is 0 Å². The lowest BCUT2D eigenvalue weighted by Gasteiger charge is -2.16. The first-order chi connectivity index (χ1) is 12.1. The summed E-state index contributed by atoms with van der Waals surface area (Å²) in [6, 6.07) is 9.77. The van der Waals surface area contributed by atoms with Crippen molar-refractivity contribution in [3.05, 3.63) is 59.2 Å². The topological polar surface area (TPSA) is 86.7 Å². The highest BCUT2D eigenvalue weighted by molar-refractivity contribution is 7.93. The Hall–Kier alpha value is -2.75. The number of carbonyl (C=O) groups excluding carboxylic acids is 1. The van der Waals surface area contributed by atoms with Gasteiger partial charge in [-0.15, -0.1) is 0 Å². The quantitative estimate of drug-likeness (QED) is 0.846. The zero-order valence-corrected chi connectivity index (χ0v) is 13.9. The van der Waals surface area contributed by atoms with Gasteiger partial charge in [0.05, 0.1) is 0 Å². The molecule has 0 spiro atoms. The number of alkyl halides is 3. The normalized spacial score (nSPS) is 14.4. The number of rotatable bonds is 4. The van der Waals surface area contributed by atoms with E-state index in [1.54, 1.807) is 6.07 Å². The Kier molecular flexibility index (Phi) is 4.31. The monoisotopic (exact) mass is 386 g/mol. The van der Waals surface area contributed by atoms with Crippen LogP contribution in [0.3, 0.4) is 0 Å². The molecule has 3 rings (SSSR count). The molecule has 1 amide bonds. The van der Waals surface area contributed by atoms with E-state index in [-0.39, 0.29) is 23.9 Å². The summed E-state index contributed by atoms with van der Waals surface area (Å²) >= 11 is 0. The number of hydrogen-bond acceptors (Lipinski definition) is 4. The first-order valence-electron chi connectivity index (χ1n) is 7.36. The van der Waals surface area contributed by atoms with E-state index in [4.69, 9.17) is 0 Å². The number of sulfonamides is 1. The number of halogens is 3. The highest BCUT2D eigenvalue weighted by Crippen LogP contribution is 2.28. The lowest BCUT2D eigenvalue weighted by molar-refractivity contribution is -0.0429. The molecule has 26 heavy (non-hydrogen) atoms. The molecule has 0 fully saturated rings. The van der Waals surface area contributed by atoms with Crippen LogP contribution in [0.2, 0.25) is 0 Å². The molecule has 0 saturated heterocycles. The lowest BCUT2D eigenvalue weighted by Crippen LogP contribution is -2.29. The number of phenolic OH excluding ortho intramolecular Hbond substituents is 1. The molecule has 0 bridgehead atoms. The third-order valence-electron chi connectivity index (χ3n) is 3.86. The lowest BCUT2D eigenvalue weighted by atomic mass is 10.1. The first kappa shape index (κ1) is 18.1. The number of amides is 1. The molecular formula is C16H13F3N2O4S. The molecule has 0 saturated carbocycles. The van der Waals surface area contributed by atoms with E-state index in [9.17, 15) is 31.5 Å². The predicted octanol–water partition coefficient (Wildman–Crippen LogP) is 2.81. The highest BCUT2D eigenvalue weighted by Gasteiger charge is 2.46. The number of phenols is 1. The van der Waals surface area contributed by atoms with Crippen molar-refractivity contribution in [2.75, 3.05) is 4.72 Å². The van der Waals surface area contributed by atoms with E-state index in [0.717, 1.165) is 5.56 Å². The van der Waals surface area contributed by atoms with Crippen molar-refractivity contribution in [1.82, 2.24) is 4.90 Å². The van der Waals surface area contributed by atoms with Crippen LogP contribution in [0.5, 0.6) is 5.75 Å². The second kappa shape index (κ2) is 6.20. The molecular weight excluding hydrogens is 373 g/mol. The fourth-order valence-electron chi connectivity index (χ4n) is 2.59. The number of nitrogens with zero attached hydrogens (tertiary/aromatic N) is 1. The van der Waals surface area contributed by atoms with E-state index >= 15 is 0 Å². The van der Waals surface area contributed by atoms with Crippen LogP contribution in [0.4, 0.5) is 18.9 Å². The number of aromatic hydroxyl groups is 1. The molecule has 10 heteroatoms. The molecule has 2 aromatic carbocycles. The van der Waals surface area contributed by atoms with Crippen molar-refractivity contribution in [1.29, 1.82) is 0 Å². The number of hydrogen-bond donors (Lipinski definition) is 2. The molecule has 0 aliphatic carbocycles. The summed E-state index contributed by atoms with van der Waals surface area (Å²) in [7, 11) is -5.47. The van der Waals surface area contributed by atoms with Gasteiger partial charge in [-0.05, 0) is 35.4 Å². The van der Waals surface area contributed by atoms with Gasteiger partial charge in [-0.1, -0.05) is 18.2 Å². The Morgan fingerprint density at radius 1 is 1.12 bits per heavy atom. The van der Waals surface area contributed by atoms with Crippen LogP contribution in [-0.2, 0) is 23.1 Å². The predicted molar refractivity (Wildman–Crippen MR) is 86.7 cm³/mol. The minimum Gasteiger partial charge on any atom is -0.508 e. The molecule has 6 nitrogen and oxygen atoms in total. The summed E-state index contributed by atoms with van der Waals surface area (Å²) in [6.07, 6.45) is 0. The average Bonchev–Trinajstić information content (AvgIpc) is 2.84. The summed E-state index contributed by atoms with van der Waals surface area (Å²) in [5, 5.41) is 9.46. The van der Waals surface area contributed by atoms with Crippen LogP contribution in [0.25, 0.3) is 0 Å². The number of anilines is 1. The number of benzene rings is 2. The molecule has 138 valence electrons. The van der Waals surface area contributed by atoms with Gasteiger partial charge < -0.3 is 10.0 Å². The van der Waals surface area contributed by atoms with Crippen LogP contribution in [0.15, 0.2) is 42.5 Å². The average molecular weight is 386 g/mol. The molecule has 0 radical (unpaired) electrons. The maximum atomic E-state index is 12.4. The molecule has 0 aromatic heterocycles. The van der Waals surface area contributed by atoms with E-state index in [0.29, 0.717) is 17.7 Å². The third-order valence-corrected chi connectivity index (χ3v) is 4.97. The van der Waals surface area contributed by atoms with Crippen molar-refractivity contribution in [3.8, 4) is 5.75 Å². The van der Waals surface area contributed by atoms with Crippen LogP contribution in [0, 0.1) is 0 Å². The van der Waals surface area contributed by atoms with E-state index in [1.165, 1.54) is 46.0 Å². The van der Waals surface area contributed by atoms with E-state index in [2.05, 4.69) is 0 Å².